The lowest BCUT2D eigenvalue weighted by Gasteiger charge is -2.19. The number of benzene rings is 1. The van der Waals surface area contributed by atoms with Gasteiger partial charge in [-0.2, -0.15) is 5.10 Å². The number of aromatic nitrogens is 2. The fourth-order valence-corrected chi connectivity index (χ4v) is 2.60. The quantitative estimate of drug-likeness (QED) is 0.912. The molecule has 2 heterocycles. The molecular formula is C15H14ClN3O3. The highest BCUT2D eigenvalue weighted by Crippen LogP contribution is 2.40. The molecule has 0 bridgehead atoms. The van der Waals surface area contributed by atoms with Crippen LogP contribution in [0.3, 0.4) is 0 Å². The second-order valence-corrected chi connectivity index (χ2v) is 5.82. The van der Waals surface area contributed by atoms with E-state index in [1.807, 2.05) is 0 Å². The molecule has 6 nitrogen and oxygen atoms in total. The van der Waals surface area contributed by atoms with E-state index in [0.29, 0.717) is 47.0 Å². The van der Waals surface area contributed by atoms with Gasteiger partial charge in [0.15, 0.2) is 17.2 Å². The first-order valence-corrected chi connectivity index (χ1v) is 7.54. The standard InChI is InChI=1S/C15H14ClN3O3/c16-9-5-13-14(22-4-3-21-13)7-11(9)17-15(20)12-6-10(18-19-12)8-1-2-8/h5-8H,1-4H2,(H,17,20)(H,18,19). The van der Waals surface area contributed by atoms with Crippen LogP contribution in [0.2, 0.25) is 5.02 Å². The summed E-state index contributed by atoms with van der Waals surface area (Å²) in [4.78, 5) is 12.3. The van der Waals surface area contributed by atoms with Crippen molar-refractivity contribution in [1.82, 2.24) is 10.2 Å². The molecule has 0 radical (unpaired) electrons. The highest BCUT2D eigenvalue weighted by Gasteiger charge is 2.26. The first-order chi connectivity index (χ1) is 10.7. The minimum Gasteiger partial charge on any atom is -0.486 e. The molecular weight excluding hydrogens is 306 g/mol. The third-order valence-corrected chi connectivity index (χ3v) is 4.04. The summed E-state index contributed by atoms with van der Waals surface area (Å²) in [7, 11) is 0. The summed E-state index contributed by atoms with van der Waals surface area (Å²) in [6, 6.07) is 5.11. The van der Waals surface area contributed by atoms with E-state index in [0.717, 1.165) is 18.5 Å². The summed E-state index contributed by atoms with van der Waals surface area (Å²) in [6.07, 6.45) is 2.30. The number of halogens is 1. The molecule has 1 aliphatic carbocycles. The van der Waals surface area contributed by atoms with Gasteiger partial charge in [-0.1, -0.05) is 11.6 Å². The van der Waals surface area contributed by atoms with Crippen molar-refractivity contribution in [1.29, 1.82) is 0 Å². The van der Waals surface area contributed by atoms with Crippen LogP contribution < -0.4 is 14.8 Å². The highest BCUT2D eigenvalue weighted by molar-refractivity contribution is 6.34. The topological polar surface area (TPSA) is 76.2 Å². The van der Waals surface area contributed by atoms with Gasteiger partial charge in [0.25, 0.3) is 5.91 Å². The summed E-state index contributed by atoms with van der Waals surface area (Å²) in [5.74, 6) is 1.38. The first kappa shape index (κ1) is 13.5. The molecule has 2 aliphatic rings. The van der Waals surface area contributed by atoms with Crippen LogP contribution in [0.1, 0.15) is 34.9 Å². The van der Waals surface area contributed by atoms with E-state index in [1.54, 1.807) is 18.2 Å². The zero-order valence-corrected chi connectivity index (χ0v) is 12.4. The highest BCUT2D eigenvalue weighted by atomic mass is 35.5. The molecule has 1 amide bonds. The number of aromatic amines is 1. The number of ether oxygens (including phenoxy) is 2. The van der Waals surface area contributed by atoms with Crippen LogP contribution in [0.25, 0.3) is 0 Å². The smallest absolute Gasteiger partial charge is 0.276 e. The van der Waals surface area contributed by atoms with Crippen molar-refractivity contribution < 1.29 is 14.3 Å². The molecule has 0 atom stereocenters. The summed E-state index contributed by atoms with van der Waals surface area (Å²) in [5, 5.41) is 10.1. The number of nitrogens with zero attached hydrogens (tertiary/aromatic N) is 1. The molecule has 22 heavy (non-hydrogen) atoms. The van der Waals surface area contributed by atoms with Crippen LogP contribution in [0.15, 0.2) is 18.2 Å². The number of amides is 1. The van der Waals surface area contributed by atoms with E-state index in [4.69, 9.17) is 21.1 Å². The van der Waals surface area contributed by atoms with Gasteiger partial charge in [0.05, 0.1) is 10.7 Å². The van der Waals surface area contributed by atoms with Gasteiger partial charge >= 0.3 is 0 Å². The molecule has 2 N–H and O–H groups in total. The molecule has 1 fully saturated rings. The Morgan fingerprint density at radius 2 is 1.95 bits per heavy atom. The Morgan fingerprint density at radius 3 is 2.68 bits per heavy atom. The molecule has 0 saturated heterocycles. The Bertz CT molecular complexity index is 740. The van der Waals surface area contributed by atoms with Gasteiger partial charge in [-0.25, -0.2) is 0 Å². The SMILES string of the molecule is O=C(Nc1cc2c(cc1Cl)OCCO2)c1cc(C2CC2)[nH]n1. The average Bonchev–Trinajstić information content (AvgIpc) is 3.25. The van der Waals surface area contributed by atoms with Gasteiger partial charge in [-0.05, 0) is 18.9 Å². The van der Waals surface area contributed by atoms with E-state index in [9.17, 15) is 4.79 Å². The molecule has 2 aromatic rings. The van der Waals surface area contributed by atoms with E-state index in [1.165, 1.54) is 0 Å². The Hall–Kier alpha value is -2.21. The first-order valence-electron chi connectivity index (χ1n) is 7.16. The van der Waals surface area contributed by atoms with E-state index in [2.05, 4.69) is 15.5 Å². The predicted octanol–water partition coefficient (Wildman–Crippen LogP) is 2.96. The second-order valence-electron chi connectivity index (χ2n) is 5.41. The summed E-state index contributed by atoms with van der Waals surface area (Å²) in [5.41, 5.74) is 1.85. The van der Waals surface area contributed by atoms with Gasteiger partial charge < -0.3 is 14.8 Å². The van der Waals surface area contributed by atoms with Crippen molar-refractivity contribution in [2.45, 2.75) is 18.8 Å². The molecule has 7 heteroatoms. The number of nitrogens with one attached hydrogen (secondary N) is 2. The summed E-state index contributed by atoms with van der Waals surface area (Å²) in [6.45, 7) is 0.971. The summed E-state index contributed by atoms with van der Waals surface area (Å²) >= 11 is 6.18. The average molecular weight is 320 g/mol. The maximum Gasteiger partial charge on any atom is 0.276 e. The van der Waals surface area contributed by atoms with Gasteiger partial charge in [0.1, 0.15) is 13.2 Å². The molecule has 0 spiro atoms. The minimum atomic E-state index is -0.304. The second kappa shape index (κ2) is 5.21. The lowest BCUT2D eigenvalue weighted by Crippen LogP contribution is -2.17. The van der Waals surface area contributed by atoms with Crippen molar-refractivity contribution in [2.24, 2.45) is 0 Å². The number of rotatable bonds is 3. The number of anilines is 1. The van der Waals surface area contributed by atoms with Crippen LogP contribution in [0.5, 0.6) is 11.5 Å². The van der Waals surface area contributed by atoms with Gasteiger partial charge in [-0.3, -0.25) is 9.89 Å². The molecule has 114 valence electrons. The molecule has 1 aliphatic heterocycles. The van der Waals surface area contributed by atoms with Gasteiger partial charge in [0.2, 0.25) is 0 Å². The Balaban J connectivity index is 1.55. The molecule has 1 aromatic heterocycles. The number of fused-ring (bicyclic) bond motifs is 1. The van der Waals surface area contributed by atoms with E-state index in [-0.39, 0.29) is 5.91 Å². The maximum atomic E-state index is 12.3. The van der Waals surface area contributed by atoms with Gasteiger partial charge in [0, 0.05) is 23.7 Å². The van der Waals surface area contributed by atoms with Crippen molar-refractivity contribution in [3.63, 3.8) is 0 Å². The van der Waals surface area contributed by atoms with Crippen molar-refractivity contribution in [3.8, 4) is 11.5 Å². The lowest BCUT2D eigenvalue weighted by atomic mass is 10.2. The molecule has 1 aromatic carbocycles. The number of carbonyl (C=O) groups is 1. The van der Waals surface area contributed by atoms with Crippen molar-refractivity contribution in [3.05, 3.63) is 34.6 Å². The molecule has 0 unspecified atom stereocenters. The fraction of sp³-hybridized carbons (Fsp3) is 0.333. The summed E-state index contributed by atoms with van der Waals surface area (Å²) < 4.78 is 10.9. The van der Waals surface area contributed by atoms with Crippen molar-refractivity contribution in [2.75, 3.05) is 18.5 Å². The van der Waals surface area contributed by atoms with Crippen LogP contribution >= 0.6 is 11.6 Å². The maximum absolute atomic E-state index is 12.3. The van der Waals surface area contributed by atoms with Crippen LogP contribution in [0.4, 0.5) is 5.69 Å². The number of hydrogen-bond donors (Lipinski definition) is 2. The zero-order chi connectivity index (χ0) is 15.1. The number of hydrogen-bond acceptors (Lipinski definition) is 4. The predicted molar refractivity (Wildman–Crippen MR) is 81.0 cm³/mol. The number of carbonyl (C=O) groups excluding carboxylic acids is 1. The van der Waals surface area contributed by atoms with Crippen LogP contribution in [-0.2, 0) is 0 Å². The number of H-pyrrole nitrogens is 1. The molecule has 1 saturated carbocycles. The van der Waals surface area contributed by atoms with Crippen LogP contribution in [-0.4, -0.2) is 29.3 Å². The van der Waals surface area contributed by atoms with Gasteiger partial charge in [-0.15, -0.1) is 0 Å². The third kappa shape index (κ3) is 2.50. The molecule has 4 rings (SSSR count). The fourth-order valence-electron chi connectivity index (χ4n) is 2.40. The van der Waals surface area contributed by atoms with E-state index >= 15 is 0 Å². The minimum absolute atomic E-state index is 0.304. The van der Waals surface area contributed by atoms with Crippen LogP contribution in [0, 0.1) is 0 Å². The Kier molecular flexibility index (Phi) is 3.18. The van der Waals surface area contributed by atoms with E-state index < -0.39 is 0 Å². The Morgan fingerprint density at radius 1 is 1.23 bits per heavy atom. The zero-order valence-electron chi connectivity index (χ0n) is 11.7. The third-order valence-electron chi connectivity index (χ3n) is 3.73. The van der Waals surface area contributed by atoms with Crippen molar-refractivity contribution >= 4 is 23.2 Å². The monoisotopic (exact) mass is 319 g/mol. The largest absolute Gasteiger partial charge is 0.486 e. The Labute approximate surface area is 131 Å². The lowest BCUT2D eigenvalue weighted by molar-refractivity contribution is 0.102. The normalized spacial score (nSPS) is 16.4.